The van der Waals surface area contributed by atoms with E-state index in [1.54, 1.807) is 13.2 Å². The predicted molar refractivity (Wildman–Crippen MR) is 100 cm³/mol. The largest absolute Gasteiger partial charge is 0.497 e. The van der Waals surface area contributed by atoms with Gasteiger partial charge >= 0.3 is 5.97 Å². The van der Waals surface area contributed by atoms with E-state index in [9.17, 15) is 9.59 Å². The van der Waals surface area contributed by atoms with Gasteiger partial charge in [-0.2, -0.15) is 0 Å². The Morgan fingerprint density at radius 1 is 1.19 bits per heavy atom. The first kappa shape index (κ1) is 17.8. The second-order valence-corrected chi connectivity index (χ2v) is 6.61. The van der Waals surface area contributed by atoms with E-state index in [-0.39, 0.29) is 6.42 Å². The van der Waals surface area contributed by atoms with Crippen LogP contribution >= 0.6 is 11.3 Å². The van der Waals surface area contributed by atoms with Gasteiger partial charge in [-0.1, -0.05) is 0 Å². The van der Waals surface area contributed by atoms with Crippen LogP contribution in [0.2, 0.25) is 0 Å². The van der Waals surface area contributed by atoms with Gasteiger partial charge in [-0.15, -0.1) is 11.3 Å². The van der Waals surface area contributed by atoms with Gasteiger partial charge in [0.1, 0.15) is 5.75 Å². The van der Waals surface area contributed by atoms with Gasteiger partial charge in [-0.25, -0.2) is 0 Å². The summed E-state index contributed by atoms with van der Waals surface area (Å²) in [4.78, 5) is 22.9. The third-order valence-corrected chi connectivity index (χ3v) is 4.96. The highest BCUT2D eigenvalue weighted by molar-refractivity contribution is 7.12. The van der Waals surface area contributed by atoms with Crippen molar-refractivity contribution in [3.8, 4) is 22.7 Å². The van der Waals surface area contributed by atoms with E-state index < -0.39 is 11.9 Å². The van der Waals surface area contributed by atoms with Crippen LogP contribution in [-0.4, -0.2) is 28.7 Å². The quantitative estimate of drug-likeness (QED) is 0.667. The van der Waals surface area contributed by atoms with Crippen molar-refractivity contribution in [1.29, 1.82) is 0 Å². The molecule has 3 rings (SSSR count). The molecule has 134 valence electrons. The van der Waals surface area contributed by atoms with Crippen molar-refractivity contribution < 1.29 is 19.4 Å². The van der Waals surface area contributed by atoms with Crippen molar-refractivity contribution in [2.24, 2.45) is 5.73 Å². The molecule has 0 aliphatic rings. The predicted octanol–water partition coefficient (Wildman–Crippen LogP) is 3.33. The van der Waals surface area contributed by atoms with Gasteiger partial charge in [0.15, 0.2) is 0 Å². The topological polar surface area (TPSA) is 94.6 Å². The number of primary amides is 1. The number of aryl methyl sites for hydroxylation is 1. The van der Waals surface area contributed by atoms with E-state index in [2.05, 4.69) is 0 Å². The van der Waals surface area contributed by atoms with E-state index in [1.165, 1.54) is 11.3 Å². The minimum absolute atomic E-state index is 0.0267. The summed E-state index contributed by atoms with van der Waals surface area (Å²) in [5.74, 6) is -0.581. The Kier molecular flexibility index (Phi) is 5.09. The van der Waals surface area contributed by atoms with E-state index in [0.717, 1.165) is 28.4 Å². The van der Waals surface area contributed by atoms with Crippen LogP contribution in [0, 0.1) is 0 Å². The Bertz CT molecular complexity index is 941. The lowest BCUT2D eigenvalue weighted by Crippen LogP contribution is -2.09. The van der Waals surface area contributed by atoms with Gasteiger partial charge in [0.2, 0.25) is 0 Å². The minimum Gasteiger partial charge on any atom is -0.497 e. The number of rotatable bonds is 7. The molecule has 26 heavy (non-hydrogen) atoms. The lowest BCUT2D eigenvalue weighted by Gasteiger charge is -2.12. The molecule has 0 fully saturated rings. The molecule has 0 aliphatic carbocycles. The van der Waals surface area contributed by atoms with E-state index >= 15 is 0 Å². The highest BCUT2D eigenvalue weighted by atomic mass is 32.1. The van der Waals surface area contributed by atoms with Crippen molar-refractivity contribution >= 4 is 23.2 Å². The maximum Gasteiger partial charge on any atom is 0.303 e. The van der Waals surface area contributed by atoms with Crippen LogP contribution in [0.4, 0.5) is 0 Å². The third-order valence-electron chi connectivity index (χ3n) is 4.03. The van der Waals surface area contributed by atoms with Crippen LogP contribution in [0.1, 0.15) is 21.8 Å². The zero-order valence-electron chi connectivity index (χ0n) is 14.1. The zero-order chi connectivity index (χ0) is 18.7. The zero-order valence-corrected chi connectivity index (χ0v) is 15.0. The summed E-state index contributed by atoms with van der Waals surface area (Å²) in [6, 6.07) is 13.2. The summed E-state index contributed by atoms with van der Waals surface area (Å²) >= 11 is 1.27. The lowest BCUT2D eigenvalue weighted by atomic mass is 10.1. The maximum atomic E-state index is 11.4. The fraction of sp³-hybridized carbons (Fsp3) is 0.158. The number of aliphatic carboxylic acids is 1. The SMILES string of the molecule is COc1ccc(-c2ccc(CCC(=O)O)n2-c2csc(C(N)=O)c2)cc1. The fourth-order valence-corrected chi connectivity index (χ4v) is 3.50. The number of aromatic nitrogens is 1. The first-order chi connectivity index (χ1) is 12.5. The summed E-state index contributed by atoms with van der Waals surface area (Å²) in [5.41, 5.74) is 8.88. The van der Waals surface area contributed by atoms with Crippen molar-refractivity contribution in [1.82, 2.24) is 4.57 Å². The van der Waals surface area contributed by atoms with Crippen LogP contribution in [0.25, 0.3) is 16.9 Å². The fourth-order valence-electron chi connectivity index (χ4n) is 2.77. The molecule has 1 amide bonds. The number of ether oxygens (including phenoxy) is 1. The van der Waals surface area contributed by atoms with Gasteiger partial charge < -0.3 is 20.1 Å². The lowest BCUT2D eigenvalue weighted by molar-refractivity contribution is -0.136. The first-order valence-corrected chi connectivity index (χ1v) is 8.83. The van der Waals surface area contributed by atoms with Crippen molar-refractivity contribution in [2.45, 2.75) is 12.8 Å². The molecule has 7 heteroatoms. The maximum absolute atomic E-state index is 11.4. The molecule has 2 aromatic heterocycles. The Hall–Kier alpha value is -3.06. The molecule has 0 atom stereocenters. The molecular formula is C19H18N2O4S. The van der Waals surface area contributed by atoms with Gasteiger partial charge in [0.05, 0.1) is 29.8 Å². The van der Waals surface area contributed by atoms with Crippen LogP contribution in [0.3, 0.4) is 0 Å². The summed E-state index contributed by atoms with van der Waals surface area (Å²) in [6.45, 7) is 0. The van der Waals surface area contributed by atoms with Crippen molar-refractivity contribution in [3.63, 3.8) is 0 Å². The molecule has 1 aromatic carbocycles. The number of carbonyl (C=O) groups excluding carboxylic acids is 1. The number of hydrogen-bond donors (Lipinski definition) is 2. The normalized spacial score (nSPS) is 10.7. The summed E-state index contributed by atoms with van der Waals surface area (Å²) in [5, 5.41) is 10.9. The number of nitrogens with zero attached hydrogens (tertiary/aromatic N) is 1. The van der Waals surface area contributed by atoms with Gasteiger partial charge in [-0.05, 0) is 54.4 Å². The molecule has 0 saturated heterocycles. The molecule has 0 bridgehead atoms. The van der Waals surface area contributed by atoms with Crippen molar-refractivity contribution in [2.75, 3.05) is 7.11 Å². The van der Waals surface area contributed by atoms with Gasteiger partial charge in [0, 0.05) is 11.1 Å². The van der Waals surface area contributed by atoms with Crippen LogP contribution < -0.4 is 10.5 Å². The standard InChI is InChI=1S/C19H18N2O4S/c1-25-15-6-2-12(3-7-15)16-8-4-13(5-9-18(22)23)21(16)14-10-17(19(20)24)26-11-14/h2-4,6-8,10-11H,5,9H2,1H3,(H2,20,24)(H,22,23). The monoisotopic (exact) mass is 370 g/mol. The Labute approximate surface area is 154 Å². The average Bonchev–Trinajstić information content (AvgIpc) is 3.26. The Morgan fingerprint density at radius 3 is 2.50 bits per heavy atom. The smallest absolute Gasteiger partial charge is 0.303 e. The second kappa shape index (κ2) is 7.45. The molecule has 0 radical (unpaired) electrons. The average molecular weight is 370 g/mol. The molecule has 3 aromatic rings. The van der Waals surface area contributed by atoms with Crippen LogP contribution in [0.15, 0.2) is 47.8 Å². The minimum atomic E-state index is -0.855. The van der Waals surface area contributed by atoms with E-state index in [4.69, 9.17) is 15.6 Å². The number of carbonyl (C=O) groups is 2. The molecule has 2 heterocycles. The number of carboxylic acids is 1. The number of thiophene rings is 1. The summed E-state index contributed by atoms with van der Waals surface area (Å²) in [7, 11) is 1.61. The van der Waals surface area contributed by atoms with E-state index in [0.29, 0.717) is 11.3 Å². The molecule has 0 spiro atoms. The highest BCUT2D eigenvalue weighted by Crippen LogP contribution is 2.30. The second-order valence-electron chi connectivity index (χ2n) is 5.70. The Morgan fingerprint density at radius 2 is 1.92 bits per heavy atom. The molecule has 0 saturated carbocycles. The van der Waals surface area contributed by atoms with Crippen LogP contribution in [-0.2, 0) is 11.2 Å². The summed E-state index contributed by atoms with van der Waals surface area (Å²) in [6.07, 6.45) is 0.409. The van der Waals surface area contributed by atoms with Gasteiger partial charge in [-0.3, -0.25) is 9.59 Å². The first-order valence-electron chi connectivity index (χ1n) is 7.95. The molecular weight excluding hydrogens is 352 g/mol. The number of amides is 1. The molecule has 6 nitrogen and oxygen atoms in total. The molecule has 0 aliphatic heterocycles. The number of benzene rings is 1. The number of nitrogens with two attached hydrogens (primary N) is 1. The van der Waals surface area contributed by atoms with Gasteiger partial charge in [0.25, 0.3) is 5.91 Å². The summed E-state index contributed by atoms with van der Waals surface area (Å²) < 4.78 is 7.16. The number of hydrogen-bond acceptors (Lipinski definition) is 4. The third kappa shape index (κ3) is 3.62. The number of methoxy groups -OCH3 is 1. The number of carboxylic acid groups (broad SMARTS) is 1. The van der Waals surface area contributed by atoms with E-state index in [1.807, 2.05) is 46.3 Å². The Balaban J connectivity index is 2.08. The van der Waals surface area contributed by atoms with Crippen molar-refractivity contribution in [3.05, 3.63) is 58.4 Å². The molecule has 0 unspecified atom stereocenters. The highest BCUT2D eigenvalue weighted by Gasteiger charge is 2.15. The molecule has 3 N–H and O–H groups in total. The van der Waals surface area contributed by atoms with Crippen LogP contribution in [0.5, 0.6) is 5.75 Å².